The van der Waals surface area contributed by atoms with Crippen LogP contribution in [0.4, 0.5) is 8.78 Å². The molecular formula is C14H9F2N. The zero-order valence-electron chi connectivity index (χ0n) is 8.95. The first-order valence-electron chi connectivity index (χ1n) is 5.12. The van der Waals surface area contributed by atoms with Crippen molar-refractivity contribution < 1.29 is 8.78 Å². The second-order valence-corrected chi connectivity index (χ2v) is 3.62. The molecule has 0 N–H and O–H groups in total. The molecule has 0 spiro atoms. The lowest BCUT2D eigenvalue weighted by molar-refractivity contribution is 0.617. The van der Waals surface area contributed by atoms with Crippen LogP contribution in [0.3, 0.4) is 0 Å². The molecule has 3 heteroatoms. The standard InChI is InChI=1S/C14H9F2N/c15-12-6-4-10(5-7-12)13-3-1-2-11(8-9-17)14(13)16/h1-7H,8H2. The lowest BCUT2D eigenvalue weighted by Gasteiger charge is -2.06. The minimum Gasteiger partial charge on any atom is -0.207 e. The zero-order valence-corrected chi connectivity index (χ0v) is 8.95. The Morgan fingerprint density at radius 1 is 1.00 bits per heavy atom. The van der Waals surface area contributed by atoms with Crippen LogP contribution in [-0.2, 0) is 6.42 Å². The summed E-state index contributed by atoms with van der Waals surface area (Å²) in [4.78, 5) is 0. The van der Waals surface area contributed by atoms with Gasteiger partial charge in [0.15, 0.2) is 0 Å². The van der Waals surface area contributed by atoms with Gasteiger partial charge in [-0.3, -0.25) is 0 Å². The fourth-order valence-electron chi connectivity index (χ4n) is 1.65. The molecule has 2 aromatic rings. The molecule has 84 valence electrons. The van der Waals surface area contributed by atoms with Gasteiger partial charge in [0.2, 0.25) is 0 Å². The zero-order chi connectivity index (χ0) is 12.3. The van der Waals surface area contributed by atoms with E-state index in [-0.39, 0.29) is 12.2 Å². The monoisotopic (exact) mass is 229 g/mol. The van der Waals surface area contributed by atoms with E-state index in [0.29, 0.717) is 16.7 Å². The lowest BCUT2D eigenvalue weighted by atomic mass is 10.0. The van der Waals surface area contributed by atoms with Crippen molar-refractivity contribution in [3.63, 3.8) is 0 Å². The number of hydrogen-bond acceptors (Lipinski definition) is 1. The predicted octanol–water partition coefficient (Wildman–Crippen LogP) is 3.70. The number of nitriles is 1. The molecule has 0 aliphatic carbocycles. The van der Waals surface area contributed by atoms with Gasteiger partial charge in [-0.15, -0.1) is 0 Å². The molecule has 17 heavy (non-hydrogen) atoms. The Hall–Kier alpha value is -2.21. The third kappa shape index (κ3) is 2.31. The van der Waals surface area contributed by atoms with Crippen LogP contribution in [0.25, 0.3) is 11.1 Å². The van der Waals surface area contributed by atoms with Gasteiger partial charge in [-0.1, -0.05) is 30.3 Å². The van der Waals surface area contributed by atoms with Crippen LogP contribution in [0.15, 0.2) is 42.5 Å². The molecular weight excluding hydrogens is 220 g/mol. The van der Waals surface area contributed by atoms with Gasteiger partial charge in [0, 0.05) is 11.1 Å². The third-order valence-electron chi connectivity index (χ3n) is 2.50. The summed E-state index contributed by atoms with van der Waals surface area (Å²) in [6.45, 7) is 0. The quantitative estimate of drug-likeness (QED) is 0.770. The molecule has 0 saturated heterocycles. The van der Waals surface area contributed by atoms with Gasteiger partial charge in [-0.05, 0) is 17.7 Å². The van der Waals surface area contributed by atoms with E-state index in [9.17, 15) is 8.78 Å². The highest BCUT2D eigenvalue weighted by Crippen LogP contribution is 2.25. The maximum absolute atomic E-state index is 14.0. The lowest BCUT2D eigenvalue weighted by Crippen LogP contribution is -1.92. The highest BCUT2D eigenvalue weighted by molar-refractivity contribution is 5.65. The van der Waals surface area contributed by atoms with E-state index >= 15 is 0 Å². The Morgan fingerprint density at radius 3 is 2.35 bits per heavy atom. The molecule has 0 heterocycles. The van der Waals surface area contributed by atoms with Crippen LogP contribution in [0.2, 0.25) is 0 Å². The minimum atomic E-state index is -0.416. The molecule has 0 aromatic heterocycles. The number of benzene rings is 2. The normalized spacial score (nSPS) is 9.94. The van der Waals surface area contributed by atoms with E-state index in [1.807, 2.05) is 6.07 Å². The molecule has 0 unspecified atom stereocenters. The van der Waals surface area contributed by atoms with Gasteiger partial charge < -0.3 is 0 Å². The van der Waals surface area contributed by atoms with Crippen LogP contribution in [0.1, 0.15) is 5.56 Å². The van der Waals surface area contributed by atoms with E-state index in [0.717, 1.165) is 0 Å². The van der Waals surface area contributed by atoms with Gasteiger partial charge in [0.25, 0.3) is 0 Å². The maximum atomic E-state index is 14.0. The summed E-state index contributed by atoms with van der Waals surface area (Å²) in [5, 5.41) is 8.58. The Kier molecular flexibility index (Phi) is 3.15. The van der Waals surface area contributed by atoms with Gasteiger partial charge in [-0.2, -0.15) is 5.26 Å². The number of hydrogen-bond donors (Lipinski definition) is 0. The first-order valence-corrected chi connectivity index (χ1v) is 5.12. The van der Waals surface area contributed by atoms with E-state index in [2.05, 4.69) is 0 Å². The first kappa shape index (κ1) is 11.3. The molecule has 0 atom stereocenters. The molecule has 1 nitrogen and oxygen atoms in total. The second kappa shape index (κ2) is 4.75. The number of halogens is 2. The summed E-state index contributed by atoms with van der Waals surface area (Å²) in [6, 6.07) is 12.4. The molecule has 0 radical (unpaired) electrons. The van der Waals surface area contributed by atoms with Crippen LogP contribution < -0.4 is 0 Å². The largest absolute Gasteiger partial charge is 0.207 e. The smallest absolute Gasteiger partial charge is 0.135 e. The van der Waals surface area contributed by atoms with Crippen molar-refractivity contribution in [2.45, 2.75) is 6.42 Å². The minimum absolute atomic E-state index is 0.0286. The molecule has 0 amide bonds. The molecule has 0 saturated carbocycles. The van der Waals surface area contributed by atoms with Crippen LogP contribution in [0.5, 0.6) is 0 Å². The average molecular weight is 229 g/mol. The molecule has 0 bridgehead atoms. The van der Waals surface area contributed by atoms with Crippen LogP contribution >= 0.6 is 0 Å². The maximum Gasteiger partial charge on any atom is 0.135 e. The Labute approximate surface area is 97.9 Å². The summed E-state index contributed by atoms with van der Waals surface area (Å²) < 4.78 is 26.8. The van der Waals surface area contributed by atoms with Gasteiger partial charge in [0.05, 0.1) is 12.5 Å². The van der Waals surface area contributed by atoms with E-state index in [1.54, 1.807) is 18.2 Å². The van der Waals surface area contributed by atoms with Crippen LogP contribution in [-0.4, -0.2) is 0 Å². The topological polar surface area (TPSA) is 23.8 Å². The summed E-state index contributed by atoms with van der Waals surface area (Å²) in [5.41, 5.74) is 1.34. The molecule has 2 aromatic carbocycles. The van der Waals surface area contributed by atoms with E-state index in [1.165, 1.54) is 24.3 Å². The fraction of sp³-hybridized carbons (Fsp3) is 0.0714. The average Bonchev–Trinajstić information content (AvgIpc) is 2.34. The Morgan fingerprint density at radius 2 is 1.71 bits per heavy atom. The third-order valence-corrected chi connectivity index (χ3v) is 2.50. The Balaban J connectivity index is 2.49. The highest BCUT2D eigenvalue weighted by Gasteiger charge is 2.09. The van der Waals surface area contributed by atoms with Crippen molar-refractivity contribution in [2.24, 2.45) is 0 Å². The van der Waals surface area contributed by atoms with Crippen LogP contribution in [0, 0.1) is 23.0 Å². The summed E-state index contributed by atoms with van der Waals surface area (Å²) in [7, 11) is 0. The van der Waals surface area contributed by atoms with Gasteiger partial charge >= 0.3 is 0 Å². The van der Waals surface area contributed by atoms with Crippen molar-refractivity contribution in [2.75, 3.05) is 0 Å². The summed E-state index contributed by atoms with van der Waals surface area (Å²) in [5.74, 6) is -0.775. The Bertz CT molecular complexity index is 568. The number of rotatable bonds is 2. The number of nitrogens with zero attached hydrogens (tertiary/aromatic N) is 1. The summed E-state index contributed by atoms with van der Waals surface area (Å²) in [6.07, 6.45) is 0.0286. The fourth-order valence-corrected chi connectivity index (χ4v) is 1.65. The predicted molar refractivity (Wildman–Crippen MR) is 61.1 cm³/mol. The van der Waals surface area contributed by atoms with Crippen molar-refractivity contribution >= 4 is 0 Å². The van der Waals surface area contributed by atoms with Crippen molar-refractivity contribution in [1.29, 1.82) is 5.26 Å². The molecule has 0 aliphatic rings. The first-order chi connectivity index (χ1) is 8.22. The molecule has 0 fully saturated rings. The van der Waals surface area contributed by atoms with Gasteiger partial charge in [-0.25, -0.2) is 8.78 Å². The SMILES string of the molecule is N#CCc1cccc(-c2ccc(F)cc2)c1F. The van der Waals surface area contributed by atoms with E-state index in [4.69, 9.17) is 5.26 Å². The highest BCUT2D eigenvalue weighted by atomic mass is 19.1. The molecule has 2 rings (SSSR count). The molecule has 0 aliphatic heterocycles. The van der Waals surface area contributed by atoms with Gasteiger partial charge in [0.1, 0.15) is 11.6 Å². The van der Waals surface area contributed by atoms with Crippen molar-refractivity contribution in [3.05, 3.63) is 59.7 Å². The summed E-state index contributed by atoms with van der Waals surface area (Å²) >= 11 is 0. The van der Waals surface area contributed by atoms with Crippen molar-refractivity contribution in [1.82, 2.24) is 0 Å². The second-order valence-electron chi connectivity index (χ2n) is 3.62. The van der Waals surface area contributed by atoms with E-state index < -0.39 is 5.82 Å². The van der Waals surface area contributed by atoms with Crippen molar-refractivity contribution in [3.8, 4) is 17.2 Å².